The predicted molar refractivity (Wildman–Crippen MR) is 137 cm³/mol. The molecular formula is C31H48O2. The van der Waals surface area contributed by atoms with Gasteiger partial charge in [0.1, 0.15) is 5.75 Å². The van der Waals surface area contributed by atoms with Gasteiger partial charge in [0.25, 0.3) is 0 Å². The van der Waals surface area contributed by atoms with E-state index in [-0.39, 0.29) is 11.9 Å². The highest BCUT2D eigenvalue weighted by Crippen LogP contribution is 2.58. The van der Waals surface area contributed by atoms with Crippen molar-refractivity contribution in [1.29, 1.82) is 0 Å². The lowest BCUT2D eigenvalue weighted by molar-refractivity contribution is -0.142. The Morgan fingerprint density at radius 3 is 1.70 bits per heavy atom. The van der Waals surface area contributed by atoms with Crippen LogP contribution in [0.2, 0.25) is 0 Å². The molecule has 0 aliphatic heterocycles. The summed E-state index contributed by atoms with van der Waals surface area (Å²) in [6, 6.07) is 9.65. The lowest BCUT2D eigenvalue weighted by atomic mass is 9.51. The van der Waals surface area contributed by atoms with Gasteiger partial charge in [0.2, 0.25) is 0 Å². The zero-order chi connectivity index (χ0) is 23.1. The van der Waals surface area contributed by atoms with Gasteiger partial charge >= 0.3 is 5.97 Å². The molecule has 0 radical (unpaired) electrons. The van der Waals surface area contributed by atoms with E-state index in [1.807, 2.05) is 30.3 Å². The maximum absolute atomic E-state index is 12.9. The highest BCUT2D eigenvalue weighted by Gasteiger charge is 2.49. The van der Waals surface area contributed by atoms with Gasteiger partial charge in [-0.2, -0.15) is 0 Å². The zero-order valence-corrected chi connectivity index (χ0v) is 21.4. The topological polar surface area (TPSA) is 26.3 Å². The molecule has 3 saturated carbocycles. The van der Waals surface area contributed by atoms with Gasteiger partial charge in [-0.15, -0.1) is 0 Å². The molecule has 33 heavy (non-hydrogen) atoms. The number of carbonyl (C=O) groups is 1. The fourth-order valence-electron chi connectivity index (χ4n) is 8.10. The molecule has 0 spiro atoms. The van der Waals surface area contributed by atoms with Gasteiger partial charge in [-0.25, -0.2) is 0 Å². The van der Waals surface area contributed by atoms with Crippen LogP contribution in [0.15, 0.2) is 30.3 Å². The molecule has 1 aromatic rings. The first kappa shape index (κ1) is 24.8. The Hall–Kier alpha value is -1.31. The van der Waals surface area contributed by atoms with Crippen molar-refractivity contribution in [3.05, 3.63) is 30.3 Å². The first-order valence-corrected chi connectivity index (χ1v) is 14.4. The van der Waals surface area contributed by atoms with Gasteiger partial charge in [0, 0.05) is 0 Å². The second kappa shape index (κ2) is 11.9. The molecule has 184 valence electrons. The van der Waals surface area contributed by atoms with Crippen molar-refractivity contribution in [2.75, 3.05) is 0 Å². The minimum atomic E-state index is 0.00751. The van der Waals surface area contributed by atoms with Crippen molar-refractivity contribution < 1.29 is 9.53 Å². The third kappa shape index (κ3) is 6.04. The molecule has 0 unspecified atom stereocenters. The number of benzene rings is 1. The number of hydrogen-bond acceptors (Lipinski definition) is 2. The predicted octanol–water partition coefficient (Wildman–Crippen LogP) is 8.98. The van der Waals surface area contributed by atoms with E-state index in [0.29, 0.717) is 11.2 Å². The van der Waals surface area contributed by atoms with Crippen LogP contribution in [0.25, 0.3) is 0 Å². The van der Waals surface area contributed by atoms with Crippen LogP contribution < -0.4 is 4.74 Å². The molecule has 0 bridgehead atoms. The molecule has 1 aromatic carbocycles. The van der Waals surface area contributed by atoms with Crippen LogP contribution in [-0.4, -0.2) is 5.97 Å². The van der Waals surface area contributed by atoms with Gasteiger partial charge in [-0.3, -0.25) is 4.79 Å². The summed E-state index contributed by atoms with van der Waals surface area (Å²) in [5.74, 6) is 4.53. The SMILES string of the molecule is CCCC1CCC(C2(C3CCC(CCC)CC3)CCC(C(=O)Oc3ccccc3)CC2)CC1. The standard InChI is InChI=1S/C31H48O2/c1-3-8-24-12-16-27(17-13-24)31(28-18-14-25(9-4-2)15-19-28)22-20-26(21-23-31)30(32)33-29-10-6-5-7-11-29/h5-7,10-11,24-28H,3-4,8-9,12-23H2,1-2H3. The monoisotopic (exact) mass is 452 g/mol. The van der Waals surface area contributed by atoms with Gasteiger partial charge in [0.15, 0.2) is 0 Å². The smallest absolute Gasteiger partial charge is 0.314 e. The summed E-state index contributed by atoms with van der Waals surface area (Å²) in [7, 11) is 0. The molecule has 2 heteroatoms. The van der Waals surface area contributed by atoms with Crippen LogP contribution in [0.1, 0.15) is 117 Å². The van der Waals surface area contributed by atoms with E-state index in [0.717, 1.165) is 36.5 Å². The third-order valence-electron chi connectivity index (χ3n) is 9.92. The Labute approximate surface area is 203 Å². The normalized spacial score (nSPS) is 35.2. The Morgan fingerprint density at radius 1 is 0.758 bits per heavy atom. The maximum atomic E-state index is 12.9. The number of carbonyl (C=O) groups excluding carboxylic acids is 1. The molecular weight excluding hydrogens is 404 g/mol. The van der Waals surface area contributed by atoms with Gasteiger partial charge in [0.05, 0.1) is 5.92 Å². The summed E-state index contributed by atoms with van der Waals surface area (Å²) in [6.07, 6.45) is 21.7. The van der Waals surface area contributed by atoms with Gasteiger partial charge in [-0.05, 0) is 92.6 Å². The molecule has 0 saturated heterocycles. The minimum Gasteiger partial charge on any atom is -0.426 e. The molecule has 0 aromatic heterocycles. The summed E-state index contributed by atoms with van der Waals surface area (Å²) in [5.41, 5.74) is 0.498. The van der Waals surface area contributed by atoms with Gasteiger partial charge in [-0.1, -0.05) is 83.4 Å². The number of hydrogen-bond donors (Lipinski definition) is 0. The lowest BCUT2D eigenvalue weighted by Crippen LogP contribution is -2.45. The second-order valence-corrected chi connectivity index (χ2v) is 11.8. The average molecular weight is 453 g/mol. The summed E-state index contributed by atoms with van der Waals surface area (Å²) >= 11 is 0. The largest absolute Gasteiger partial charge is 0.426 e. The summed E-state index contributed by atoms with van der Waals surface area (Å²) in [5, 5.41) is 0. The van der Waals surface area contributed by atoms with Crippen LogP contribution in [0, 0.1) is 35.0 Å². The minimum absolute atomic E-state index is 0.00751. The van der Waals surface area contributed by atoms with Crippen LogP contribution in [0.3, 0.4) is 0 Å². The van der Waals surface area contributed by atoms with Crippen molar-refractivity contribution in [1.82, 2.24) is 0 Å². The van der Waals surface area contributed by atoms with Gasteiger partial charge < -0.3 is 4.74 Å². The Bertz CT molecular complexity index is 674. The lowest BCUT2D eigenvalue weighted by Gasteiger charge is -2.54. The van der Waals surface area contributed by atoms with Crippen LogP contribution in [-0.2, 0) is 4.79 Å². The Kier molecular flexibility index (Phi) is 8.94. The number of rotatable bonds is 8. The van der Waals surface area contributed by atoms with Crippen LogP contribution in [0.4, 0.5) is 0 Å². The van der Waals surface area contributed by atoms with E-state index in [1.54, 1.807) is 0 Å². The fraction of sp³-hybridized carbons (Fsp3) is 0.774. The highest BCUT2D eigenvalue weighted by molar-refractivity contribution is 5.75. The van der Waals surface area contributed by atoms with Crippen molar-refractivity contribution >= 4 is 5.97 Å². The van der Waals surface area contributed by atoms with Crippen molar-refractivity contribution in [3.63, 3.8) is 0 Å². The molecule has 0 atom stereocenters. The number of esters is 1. The zero-order valence-electron chi connectivity index (χ0n) is 21.4. The summed E-state index contributed by atoms with van der Waals surface area (Å²) in [4.78, 5) is 12.9. The molecule has 3 aliphatic rings. The fourth-order valence-corrected chi connectivity index (χ4v) is 8.10. The first-order valence-electron chi connectivity index (χ1n) is 14.4. The van der Waals surface area contributed by atoms with Crippen LogP contribution >= 0.6 is 0 Å². The van der Waals surface area contributed by atoms with E-state index >= 15 is 0 Å². The Balaban J connectivity index is 1.41. The molecule has 0 N–H and O–H groups in total. The number of para-hydroxylation sites is 1. The highest BCUT2D eigenvalue weighted by atomic mass is 16.5. The van der Waals surface area contributed by atoms with Crippen molar-refractivity contribution in [2.24, 2.45) is 35.0 Å². The summed E-state index contributed by atoms with van der Waals surface area (Å²) < 4.78 is 5.76. The van der Waals surface area contributed by atoms with E-state index in [4.69, 9.17) is 4.74 Å². The first-order chi connectivity index (χ1) is 16.1. The molecule has 2 nitrogen and oxygen atoms in total. The van der Waals surface area contributed by atoms with E-state index in [9.17, 15) is 4.79 Å². The van der Waals surface area contributed by atoms with E-state index in [2.05, 4.69) is 13.8 Å². The van der Waals surface area contributed by atoms with Crippen LogP contribution in [0.5, 0.6) is 5.75 Å². The van der Waals surface area contributed by atoms with Crippen molar-refractivity contribution in [2.45, 2.75) is 117 Å². The molecule has 4 rings (SSSR count). The summed E-state index contributed by atoms with van der Waals surface area (Å²) in [6.45, 7) is 4.69. The molecule has 3 aliphatic carbocycles. The molecule has 3 fully saturated rings. The quantitative estimate of drug-likeness (QED) is 0.290. The second-order valence-electron chi connectivity index (χ2n) is 11.8. The van der Waals surface area contributed by atoms with E-state index < -0.39 is 0 Å². The van der Waals surface area contributed by atoms with E-state index in [1.165, 1.54) is 89.9 Å². The number of ether oxygens (including phenoxy) is 1. The Morgan fingerprint density at radius 2 is 1.24 bits per heavy atom. The molecule has 0 heterocycles. The van der Waals surface area contributed by atoms with Crippen molar-refractivity contribution in [3.8, 4) is 5.75 Å². The third-order valence-corrected chi connectivity index (χ3v) is 9.92. The maximum Gasteiger partial charge on any atom is 0.314 e. The molecule has 0 amide bonds. The average Bonchev–Trinajstić information content (AvgIpc) is 2.86.